The zero-order valence-corrected chi connectivity index (χ0v) is 20.4. The van der Waals surface area contributed by atoms with Gasteiger partial charge in [0.1, 0.15) is 23.9 Å². The van der Waals surface area contributed by atoms with Gasteiger partial charge in [0.2, 0.25) is 11.8 Å². The number of fused-ring (bicyclic) bond motifs is 1. The number of para-hydroxylation sites is 1. The molecule has 0 aliphatic carbocycles. The largest absolute Gasteiger partial charge is 0.467 e. The van der Waals surface area contributed by atoms with Gasteiger partial charge in [-0.2, -0.15) is 0 Å². The summed E-state index contributed by atoms with van der Waals surface area (Å²) < 4.78 is 6.95. The van der Waals surface area contributed by atoms with E-state index >= 15 is 0 Å². The van der Waals surface area contributed by atoms with Gasteiger partial charge in [0.15, 0.2) is 0 Å². The molecule has 3 aromatic carbocycles. The fourth-order valence-corrected chi connectivity index (χ4v) is 4.30. The Morgan fingerprint density at radius 2 is 1.70 bits per heavy atom. The second-order valence-corrected chi connectivity index (χ2v) is 8.63. The molecule has 37 heavy (non-hydrogen) atoms. The smallest absolute Gasteiger partial charge is 0.249 e. The minimum Gasteiger partial charge on any atom is -0.467 e. The van der Waals surface area contributed by atoms with E-state index in [1.54, 1.807) is 28.0 Å². The van der Waals surface area contributed by atoms with Gasteiger partial charge in [-0.1, -0.05) is 66.7 Å². The molecular weight excluding hydrogens is 466 g/mol. The lowest BCUT2D eigenvalue weighted by molar-refractivity contribution is -0.127. The fraction of sp³-hybridized carbons (Fsp3) is 0.172. The maximum Gasteiger partial charge on any atom is 0.249 e. The Morgan fingerprint density at radius 1 is 0.946 bits per heavy atom. The Labute approximate surface area is 214 Å². The molecule has 0 saturated heterocycles. The minimum atomic E-state index is -0.911. The van der Waals surface area contributed by atoms with Crippen molar-refractivity contribution < 1.29 is 14.0 Å². The molecule has 186 valence electrons. The summed E-state index contributed by atoms with van der Waals surface area (Å²) in [5.41, 5.74) is 3.89. The van der Waals surface area contributed by atoms with E-state index in [-0.39, 0.29) is 24.9 Å². The normalized spacial score (nSPS) is 11.8. The third kappa shape index (κ3) is 5.28. The SMILES string of the molecule is CCc1ccc(N(C(=O)Cn2nnc3ccccc32)[C@@H](C(=O)NCc2ccco2)c2ccccc2)cc1. The van der Waals surface area contributed by atoms with Crippen molar-refractivity contribution in [3.63, 3.8) is 0 Å². The summed E-state index contributed by atoms with van der Waals surface area (Å²) >= 11 is 0. The van der Waals surface area contributed by atoms with E-state index in [9.17, 15) is 9.59 Å². The number of rotatable bonds is 9. The van der Waals surface area contributed by atoms with Crippen LogP contribution >= 0.6 is 0 Å². The quantitative estimate of drug-likeness (QED) is 0.322. The van der Waals surface area contributed by atoms with Crippen molar-refractivity contribution in [2.24, 2.45) is 0 Å². The van der Waals surface area contributed by atoms with Gasteiger partial charge in [0, 0.05) is 5.69 Å². The number of hydrogen-bond acceptors (Lipinski definition) is 5. The summed E-state index contributed by atoms with van der Waals surface area (Å²) in [5.74, 6) is 0.0142. The Balaban J connectivity index is 1.54. The Hall–Kier alpha value is -4.72. The first-order chi connectivity index (χ1) is 18.1. The van der Waals surface area contributed by atoms with Crippen LogP contribution in [-0.4, -0.2) is 26.8 Å². The molecular formula is C29H27N5O3. The van der Waals surface area contributed by atoms with E-state index in [1.165, 1.54) is 0 Å². The molecule has 2 heterocycles. The van der Waals surface area contributed by atoms with E-state index < -0.39 is 6.04 Å². The lowest BCUT2D eigenvalue weighted by Gasteiger charge is -2.31. The van der Waals surface area contributed by atoms with Crippen molar-refractivity contribution in [3.8, 4) is 0 Å². The van der Waals surface area contributed by atoms with E-state index in [2.05, 4.69) is 22.6 Å². The molecule has 5 rings (SSSR count). The van der Waals surface area contributed by atoms with E-state index in [0.29, 0.717) is 22.5 Å². The van der Waals surface area contributed by atoms with Crippen molar-refractivity contribution in [1.29, 1.82) is 0 Å². The number of hydrogen-bond donors (Lipinski definition) is 1. The van der Waals surface area contributed by atoms with Gasteiger partial charge in [0.05, 0.1) is 18.3 Å². The minimum absolute atomic E-state index is 0.0785. The van der Waals surface area contributed by atoms with Gasteiger partial charge in [-0.05, 0) is 53.9 Å². The highest BCUT2D eigenvalue weighted by Crippen LogP contribution is 2.29. The molecule has 2 aromatic heterocycles. The zero-order chi connectivity index (χ0) is 25.6. The number of amides is 2. The number of nitrogens with one attached hydrogen (secondary N) is 1. The third-order valence-electron chi connectivity index (χ3n) is 6.24. The van der Waals surface area contributed by atoms with Crippen LogP contribution in [0.5, 0.6) is 0 Å². The molecule has 8 nitrogen and oxygen atoms in total. The van der Waals surface area contributed by atoms with Crippen LogP contribution in [-0.2, 0) is 29.1 Å². The van der Waals surface area contributed by atoms with Crippen LogP contribution in [0, 0.1) is 0 Å². The molecule has 0 unspecified atom stereocenters. The summed E-state index contributed by atoms with van der Waals surface area (Å²) in [5, 5.41) is 11.3. The molecule has 5 aromatic rings. The first-order valence-electron chi connectivity index (χ1n) is 12.2. The Kier molecular flexibility index (Phi) is 7.07. The number of aryl methyl sites for hydroxylation is 1. The average Bonchev–Trinajstić information content (AvgIpc) is 3.61. The van der Waals surface area contributed by atoms with Crippen molar-refractivity contribution in [1.82, 2.24) is 20.3 Å². The number of anilines is 1. The van der Waals surface area contributed by atoms with E-state index in [4.69, 9.17) is 4.42 Å². The Bertz CT molecular complexity index is 1480. The maximum absolute atomic E-state index is 14.0. The van der Waals surface area contributed by atoms with Crippen LogP contribution in [0.3, 0.4) is 0 Å². The van der Waals surface area contributed by atoms with Crippen LogP contribution in [0.4, 0.5) is 5.69 Å². The molecule has 1 N–H and O–H groups in total. The molecule has 0 saturated carbocycles. The zero-order valence-electron chi connectivity index (χ0n) is 20.4. The highest BCUT2D eigenvalue weighted by molar-refractivity contribution is 6.01. The van der Waals surface area contributed by atoms with Gasteiger partial charge >= 0.3 is 0 Å². The number of aromatic nitrogens is 3. The molecule has 1 atom stereocenters. The third-order valence-corrected chi connectivity index (χ3v) is 6.24. The number of carbonyl (C=O) groups excluding carboxylic acids is 2. The number of carbonyl (C=O) groups is 2. The molecule has 0 radical (unpaired) electrons. The predicted octanol–water partition coefficient (Wildman–Crippen LogP) is 4.68. The van der Waals surface area contributed by atoms with E-state index in [1.807, 2.05) is 78.9 Å². The van der Waals surface area contributed by atoms with Crippen molar-refractivity contribution >= 4 is 28.5 Å². The average molecular weight is 494 g/mol. The molecule has 2 amide bonds. The summed E-state index contributed by atoms with van der Waals surface area (Å²) in [6.07, 6.45) is 2.43. The van der Waals surface area contributed by atoms with Crippen LogP contribution in [0.2, 0.25) is 0 Å². The van der Waals surface area contributed by atoms with Crippen LogP contribution < -0.4 is 10.2 Å². The first kappa shape index (κ1) is 24.0. The second kappa shape index (κ2) is 10.9. The van der Waals surface area contributed by atoms with Crippen molar-refractivity contribution in [2.75, 3.05) is 4.90 Å². The van der Waals surface area contributed by atoms with Gasteiger partial charge in [-0.15, -0.1) is 5.10 Å². The second-order valence-electron chi connectivity index (χ2n) is 8.63. The molecule has 0 spiro atoms. The maximum atomic E-state index is 14.0. The lowest BCUT2D eigenvalue weighted by Crippen LogP contribution is -2.45. The summed E-state index contributed by atoms with van der Waals surface area (Å²) in [4.78, 5) is 29.3. The summed E-state index contributed by atoms with van der Waals surface area (Å²) in [7, 11) is 0. The standard InChI is InChI=1S/C29H27N5O3/c1-2-21-14-16-23(17-15-21)34(27(35)20-33-26-13-7-6-12-25(26)31-32-33)28(22-9-4-3-5-10-22)29(36)30-19-24-11-8-18-37-24/h3-18,28H,2,19-20H2,1H3,(H,30,36)/t28-/m1/s1. The predicted molar refractivity (Wildman–Crippen MR) is 141 cm³/mol. The van der Waals surface area contributed by atoms with E-state index in [0.717, 1.165) is 17.5 Å². The number of benzene rings is 3. The topological polar surface area (TPSA) is 93.3 Å². The molecule has 0 bridgehead atoms. The van der Waals surface area contributed by atoms with Crippen LogP contribution in [0.25, 0.3) is 11.0 Å². The highest BCUT2D eigenvalue weighted by Gasteiger charge is 2.33. The molecule has 0 aliphatic heterocycles. The molecule has 0 fully saturated rings. The number of nitrogens with zero attached hydrogens (tertiary/aromatic N) is 4. The lowest BCUT2D eigenvalue weighted by atomic mass is 10.0. The first-order valence-corrected chi connectivity index (χ1v) is 12.2. The summed E-state index contributed by atoms with van der Waals surface area (Å²) in [6, 6.07) is 27.1. The fourth-order valence-electron chi connectivity index (χ4n) is 4.30. The van der Waals surface area contributed by atoms with Crippen molar-refractivity contribution in [3.05, 3.63) is 114 Å². The van der Waals surface area contributed by atoms with Crippen LogP contribution in [0.1, 0.15) is 29.9 Å². The monoisotopic (exact) mass is 493 g/mol. The number of furan rings is 1. The van der Waals surface area contributed by atoms with Gasteiger partial charge in [-0.25, -0.2) is 4.68 Å². The van der Waals surface area contributed by atoms with Crippen LogP contribution in [0.15, 0.2) is 102 Å². The molecule has 8 heteroatoms. The molecule has 0 aliphatic rings. The highest BCUT2D eigenvalue weighted by atomic mass is 16.3. The van der Waals surface area contributed by atoms with Crippen molar-refractivity contribution in [2.45, 2.75) is 32.5 Å². The summed E-state index contributed by atoms with van der Waals surface area (Å²) in [6.45, 7) is 2.20. The van der Waals surface area contributed by atoms with Gasteiger partial charge in [0.25, 0.3) is 0 Å². The van der Waals surface area contributed by atoms with Gasteiger partial charge in [-0.3, -0.25) is 14.5 Å². The van der Waals surface area contributed by atoms with Gasteiger partial charge < -0.3 is 9.73 Å². The Morgan fingerprint density at radius 3 is 2.43 bits per heavy atom.